The first-order valence-corrected chi connectivity index (χ1v) is 6.96. The normalized spacial score (nSPS) is 18.2. The highest BCUT2D eigenvalue weighted by Crippen LogP contribution is 2.42. The Bertz CT molecular complexity index is 476. The molecule has 1 unspecified atom stereocenters. The van der Waals surface area contributed by atoms with Gasteiger partial charge in [-0.1, -0.05) is 0 Å². The van der Waals surface area contributed by atoms with Crippen molar-refractivity contribution in [2.75, 3.05) is 11.9 Å². The minimum absolute atomic E-state index is 0.113. The van der Waals surface area contributed by atoms with Gasteiger partial charge in [-0.3, -0.25) is 10.1 Å². The van der Waals surface area contributed by atoms with Crippen molar-refractivity contribution >= 4 is 34.0 Å². The first kappa shape index (κ1) is 13.5. The Morgan fingerprint density at radius 2 is 2.28 bits per heavy atom. The van der Waals surface area contributed by atoms with Crippen LogP contribution in [0.1, 0.15) is 19.8 Å². The van der Waals surface area contributed by atoms with Crippen molar-refractivity contribution in [2.45, 2.75) is 25.3 Å². The lowest BCUT2D eigenvalue weighted by Gasteiger charge is -2.30. The number of benzene rings is 1. The predicted molar refractivity (Wildman–Crippen MR) is 79.6 cm³/mol. The van der Waals surface area contributed by atoms with Crippen LogP contribution in [-0.2, 0) is 0 Å². The minimum atomic E-state index is -0.353. The van der Waals surface area contributed by atoms with Crippen LogP contribution in [0.2, 0.25) is 0 Å². The van der Waals surface area contributed by atoms with Crippen molar-refractivity contribution < 1.29 is 4.92 Å². The van der Waals surface area contributed by atoms with Crippen molar-refractivity contribution in [3.63, 3.8) is 0 Å². The lowest BCUT2D eigenvalue weighted by molar-refractivity contribution is -0.384. The number of halogens is 1. The number of hydrogen-bond acceptors (Lipinski definition) is 4. The largest absolute Gasteiger partial charge is 0.373 e. The quantitative estimate of drug-likeness (QED) is 0.480. The summed E-state index contributed by atoms with van der Waals surface area (Å²) in [7, 11) is 0. The third-order valence-corrected chi connectivity index (χ3v) is 4.15. The summed E-state index contributed by atoms with van der Waals surface area (Å²) in [6.45, 7) is 2.51. The summed E-state index contributed by atoms with van der Waals surface area (Å²) in [5.41, 5.74) is 6.23. The Balaban J connectivity index is 2.30. The topological polar surface area (TPSA) is 81.2 Å². The van der Waals surface area contributed by atoms with E-state index in [1.54, 1.807) is 12.1 Å². The maximum Gasteiger partial charge on any atom is 0.293 e. The van der Waals surface area contributed by atoms with Crippen molar-refractivity contribution in [3.05, 3.63) is 31.9 Å². The molecule has 0 bridgehead atoms. The fraction of sp³-hybridized carbons (Fsp3) is 0.500. The molecule has 0 heterocycles. The van der Waals surface area contributed by atoms with Crippen molar-refractivity contribution in [1.29, 1.82) is 0 Å². The summed E-state index contributed by atoms with van der Waals surface area (Å²) < 4.78 is 0.853. The van der Waals surface area contributed by atoms with Gasteiger partial charge in [-0.05, 0) is 60.4 Å². The molecular weight excluding hydrogens is 345 g/mol. The standard InChI is InChI=1S/C12H16IN3O2/c1-12(7-14,8-2-3-8)15-10-5-4-9(13)6-11(10)16(17)18/h4-6,8,15H,2-3,7,14H2,1H3. The van der Waals surface area contributed by atoms with Crippen molar-refractivity contribution in [3.8, 4) is 0 Å². The van der Waals surface area contributed by atoms with E-state index in [0.717, 1.165) is 16.4 Å². The second-order valence-corrected chi connectivity index (χ2v) is 6.19. The molecule has 1 saturated carbocycles. The maximum atomic E-state index is 11.1. The van der Waals surface area contributed by atoms with Gasteiger partial charge in [0.25, 0.3) is 5.69 Å². The molecule has 0 amide bonds. The average Bonchev–Trinajstić information content (AvgIpc) is 3.15. The molecule has 1 aliphatic rings. The Morgan fingerprint density at radius 1 is 1.61 bits per heavy atom. The van der Waals surface area contributed by atoms with E-state index in [0.29, 0.717) is 18.2 Å². The van der Waals surface area contributed by atoms with Gasteiger partial charge in [0.1, 0.15) is 5.69 Å². The predicted octanol–water partition coefficient (Wildman–Crippen LogP) is 2.74. The van der Waals surface area contributed by atoms with Gasteiger partial charge in [0.2, 0.25) is 0 Å². The number of nitro benzene ring substituents is 1. The Kier molecular flexibility index (Phi) is 3.76. The number of nitrogens with two attached hydrogens (primary N) is 1. The Labute approximate surface area is 119 Å². The zero-order chi connectivity index (χ0) is 13.3. The Morgan fingerprint density at radius 3 is 2.78 bits per heavy atom. The van der Waals surface area contributed by atoms with Gasteiger partial charge in [-0.15, -0.1) is 0 Å². The molecule has 0 aromatic heterocycles. The third kappa shape index (κ3) is 2.74. The fourth-order valence-corrected chi connectivity index (χ4v) is 2.58. The molecule has 18 heavy (non-hydrogen) atoms. The van der Waals surface area contributed by atoms with Gasteiger partial charge in [0.15, 0.2) is 0 Å². The summed E-state index contributed by atoms with van der Waals surface area (Å²) in [5, 5.41) is 14.3. The lowest BCUT2D eigenvalue weighted by atomic mass is 9.95. The first-order chi connectivity index (χ1) is 8.46. The first-order valence-electron chi connectivity index (χ1n) is 5.88. The molecule has 1 fully saturated rings. The zero-order valence-corrected chi connectivity index (χ0v) is 12.3. The number of hydrogen-bond donors (Lipinski definition) is 2. The molecule has 1 aromatic carbocycles. The van der Waals surface area contributed by atoms with Crippen LogP contribution in [0, 0.1) is 19.6 Å². The van der Waals surface area contributed by atoms with Crippen LogP contribution in [0.3, 0.4) is 0 Å². The number of nitro groups is 1. The summed E-state index contributed by atoms with van der Waals surface area (Å²) in [4.78, 5) is 10.7. The molecular formula is C12H16IN3O2. The van der Waals surface area contributed by atoms with Crippen LogP contribution >= 0.6 is 22.6 Å². The Hall–Kier alpha value is -0.890. The highest BCUT2D eigenvalue weighted by Gasteiger charge is 2.41. The van der Waals surface area contributed by atoms with Crippen LogP contribution < -0.4 is 11.1 Å². The molecule has 0 radical (unpaired) electrons. The van der Waals surface area contributed by atoms with E-state index < -0.39 is 0 Å². The number of nitrogens with one attached hydrogen (secondary N) is 1. The van der Waals surface area contributed by atoms with E-state index in [9.17, 15) is 10.1 Å². The van der Waals surface area contributed by atoms with Crippen LogP contribution in [0.25, 0.3) is 0 Å². The second-order valence-electron chi connectivity index (χ2n) is 4.94. The minimum Gasteiger partial charge on any atom is -0.373 e. The van der Waals surface area contributed by atoms with E-state index in [4.69, 9.17) is 5.73 Å². The summed E-state index contributed by atoms with van der Waals surface area (Å²) in [6, 6.07) is 5.20. The summed E-state index contributed by atoms with van der Waals surface area (Å²) in [5.74, 6) is 0.515. The monoisotopic (exact) mass is 361 g/mol. The molecule has 0 saturated heterocycles. The van der Waals surface area contributed by atoms with Crippen LogP contribution in [-0.4, -0.2) is 17.0 Å². The third-order valence-electron chi connectivity index (χ3n) is 3.48. The van der Waals surface area contributed by atoms with E-state index in [1.165, 1.54) is 0 Å². The molecule has 2 rings (SSSR count). The molecule has 3 N–H and O–H groups in total. The van der Waals surface area contributed by atoms with Crippen molar-refractivity contribution in [2.24, 2.45) is 11.7 Å². The molecule has 0 aliphatic heterocycles. The summed E-state index contributed by atoms with van der Waals surface area (Å²) in [6.07, 6.45) is 2.28. The molecule has 1 aliphatic carbocycles. The van der Waals surface area contributed by atoms with E-state index in [-0.39, 0.29) is 16.1 Å². The van der Waals surface area contributed by atoms with Crippen LogP contribution in [0.4, 0.5) is 11.4 Å². The molecule has 6 heteroatoms. The molecule has 5 nitrogen and oxygen atoms in total. The zero-order valence-electron chi connectivity index (χ0n) is 10.1. The molecule has 1 aromatic rings. The van der Waals surface area contributed by atoms with Gasteiger partial charge >= 0.3 is 0 Å². The highest BCUT2D eigenvalue weighted by atomic mass is 127. The van der Waals surface area contributed by atoms with Crippen LogP contribution in [0.15, 0.2) is 18.2 Å². The average molecular weight is 361 g/mol. The van der Waals surface area contributed by atoms with Gasteiger partial charge in [0.05, 0.1) is 4.92 Å². The lowest BCUT2D eigenvalue weighted by Crippen LogP contribution is -2.44. The van der Waals surface area contributed by atoms with Crippen LogP contribution in [0.5, 0.6) is 0 Å². The second kappa shape index (κ2) is 5.00. The fourth-order valence-electron chi connectivity index (χ4n) is 2.11. The summed E-state index contributed by atoms with van der Waals surface area (Å²) >= 11 is 2.07. The molecule has 98 valence electrons. The smallest absolute Gasteiger partial charge is 0.293 e. The van der Waals surface area contributed by atoms with Gasteiger partial charge in [0, 0.05) is 21.7 Å². The van der Waals surface area contributed by atoms with Crippen molar-refractivity contribution in [1.82, 2.24) is 0 Å². The maximum absolute atomic E-state index is 11.1. The van der Waals surface area contributed by atoms with Gasteiger partial charge in [-0.25, -0.2) is 0 Å². The molecule has 0 spiro atoms. The van der Waals surface area contributed by atoms with E-state index in [2.05, 4.69) is 27.9 Å². The number of nitrogens with zero attached hydrogens (tertiary/aromatic N) is 1. The number of rotatable bonds is 5. The van der Waals surface area contributed by atoms with E-state index >= 15 is 0 Å². The molecule has 1 atom stereocenters. The highest BCUT2D eigenvalue weighted by molar-refractivity contribution is 14.1. The number of anilines is 1. The van der Waals surface area contributed by atoms with Gasteiger partial charge < -0.3 is 11.1 Å². The van der Waals surface area contributed by atoms with E-state index in [1.807, 2.05) is 13.0 Å². The van der Waals surface area contributed by atoms with Gasteiger partial charge in [-0.2, -0.15) is 0 Å². The SMILES string of the molecule is CC(CN)(Nc1ccc(I)cc1[N+](=O)[O-])C1CC1.